The molecule has 0 bridgehead atoms. The first-order chi connectivity index (χ1) is 10.6. The summed E-state index contributed by atoms with van der Waals surface area (Å²) in [4.78, 5) is 17.0. The molecule has 2 aliphatic heterocycles. The van der Waals surface area contributed by atoms with Gasteiger partial charge in [-0.1, -0.05) is 18.2 Å². The summed E-state index contributed by atoms with van der Waals surface area (Å²) in [6.07, 6.45) is 4.78. The van der Waals surface area contributed by atoms with Crippen molar-refractivity contribution in [2.45, 2.75) is 25.8 Å². The lowest BCUT2D eigenvalue weighted by Gasteiger charge is -2.39. The molecule has 1 aromatic carbocycles. The lowest BCUT2D eigenvalue weighted by atomic mass is 9.78. The molecule has 3 nitrogen and oxygen atoms in total. The lowest BCUT2D eigenvalue weighted by molar-refractivity contribution is -0.138. The molecular weight excluding hydrogens is 279 g/mol. The van der Waals surface area contributed by atoms with Gasteiger partial charge in [-0.2, -0.15) is 0 Å². The van der Waals surface area contributed by atoms with Crippen LogP contribution in [0.4, 0.5) is 4.39 Å². The van der Waals surface area contributed by atoms with Crippen molar-refractivity contribution in [3.05, 3.63) is 48.3 Å². The number of amides is 1. The summed E-state index contributed by atoms with van der Waals surface area (Å²) >= 11 is 0. The molecule has 1 unspecified atom stereocenters. The Kier molecular flexibility index (Phi) is 4.30. The zero-order chi connectivity index (χ0) is 15.6. The molecule has 2 aliphatic rings. The number of halogens is 1. The second kappa shape index (κ2) is 6.21. The maximum atomic E-state index is 13.0. The zero-order valence-electron chi connectivity index (χ0n) is 12.9. The van der Waals surface area contributed by atoms with E-state index < -0.39 is 0 Å². The molecule has 0 radical (unpaired) electrons. The Balaban J connectivity index is 1.68. The third-order valence-corrected chi connectivity index (χ3v) is 4.93. The van der Waals surface area contributed by atoms with Gasteiger partial charge < -0.3 is 4.90 Å². The Hall–Kier alpha value is -1.68. The van der Waals surface area contributed by atoms with Gasteiger partial charge in [-0.15, -0.1) is 6.58 Å². The van der Waals surface area contributed by atoms with Crippen LogP contribution in [0.1, 0.15) is 24.8 Å². The van der Waals surface area contributed by atoms with Crippen LogP contribution in [0, 0.1) is 11.2 Å². The number of rotatable bonds is 4. The average molecular weight is 302 g/mol. The van der Waals surface area contributed by atoms with Gasteiger partial charge in [0, 0.05) is 26.2 Å². The zero-order valence-corrected chi connectivity index (χ0v) is 12.9. The Morgan fingerprint density at radius 2 is 2.00 bits per heavy atom. The third kappa shape index (κ3) is 2.93. The van der Waals surface area contributed by atoms with Gasteiger partial charge in [-0.3, -0.25) is 9.69 Å². The molecule has 1 aromatic rings. The van der Waals surface area contributed by atoms with Gasteiger partial charge in [0.05, 0.1) is 5.41 Å². The lowest BCUT2D eigenvalue weighted by Crippen LogP contribution is -2.47. The van der Waals surface area contributed by atoms with Crippen LogP contribution in [0.15, 0.2) is 36.9 Å². The molecule has 0 N–H and O–H groups in total. The summed E-state index contributed by atoms with van der Waals surface area (Å²) in [5.41, 5.74) is 0.897. The highest BCUT2D eigenvalue weighted by Gasteiger charge is 2.48. The van der Waals surface area contributed by atoms with E-state index in [9.17, 15) is 9.18 Å². The van der Waals surface area contributed by atoms with Crippen molar-refractivity contribution in [1.82, 2.24) is 9.80 Å². The standard InChI is InChI=1S/C18H23FN2O/c1-2-10-21-12-9-18(17(21)22)8-3-11-20(14-18)13-15-4-6-16(19)7-5-15/h2,4-7H,1,3,8-14H2. The van der Waals surface area contributed by atoms with Gasteiger partial charge in [0.25, 0.3) is 0 Å². The van der Waals surface area contributed by atoms with E-state index in [0.29, 0.717) is 6.54 Å². The average Bonchev–Trinajstić information content (AvgIpc) is 2.80. The van der Waals surface area contributed by atoms with Gasteiger partial charge in [-0.25, -0.2) is 4.39 Å². The van der Waals surface area contributed by atoms with Gasteiger partial charge in [0.2, 0.25) is 5.91 Å². The fraction of sp³-hybridized carbons (Fsp3) is 0.500. The molecule has 2 fully saturated rings. The molecule has 0 aromatic heterocycles. The maximum Gasteiger partial charge on any atom is 0.230 e. The van der Waals surface area contributed by atoms with Gasteiger partial charge >= 0.3 is 0 Å². The van der Waals surface area contributed by atoms with E-state index in [-0.39, 0.29) is 17.1 Å². The Morgan fingerprint density at radius 1 is 1.23 bits per heavy atom. The number of piperidine rings is 1. The fourth-order valence-electron chi connectivity index (χ4n) is 3.81. The summed E-state index contributed by atoms with van der Waals surface area (Å²) in [6.45, 7) is 7.84. The van der Waals surface area contributed by atoms with E-state index in [1.54, 1.807) is 6.08 Å². The second-order valence-electron chi connectivity index (χ2n) is 6.51. The third-order valence-electron chi connectivity index (χ3n) is 4.93. The molecule has 4 heteroatoms. The number of carbonyl (C=O) groups is 1. The van der Waals surface area contributed by atoms with Crippen LogP contribution in [0.2, 0.25) is 0 Å². The van der Waals surface area contributed by atoms with Crippen LogP contribution >= 0.6 is 0 Å². The van der Waals surface area contributed by atoms with Gasteiger partial charge in [0.15, 0.2) is 0 Å². The number of hydrogen-bond donors (Lipinski definition) is 0. The van der Waals surface area contributed by atoms with E-state index in [1.807, 2.05) is 17.0 Å². The predicted molar refractivity (Wildman–Crippen MR) is 84.7 cm³/mol. The minimum atomic E-state index is -0.207. The normalized spacial score (nSPS) is 25.9. The first-order valence-electron chi connectivity index (χ1n) is 8.00. The predicted octanol–water partition coefficient (Wildman–Crippen LogP) is 2.83. The highest BCUT2D eigenvalue weighted by molar-refractivity contribution is 5.85. The van der Waals surface area contributed by atoms with Crippen molar-refractivity contribution < 1.29 is 9.18 Å². The van der Waals surface area contributed by atoms with Crippen molar-refractivity contribution >= 4 is 5.91 Å². The largest absolute Gasteiger partial charge is 0.338 e. The molecule has 1 amide bonds. The molecule has 1 atom stereocenters. The molecule has 22 heavy (non-hydrogen) atoms. The van der Waals surface area contributed by atoms with Crippen molar-refractivity contribution in [1.29, 1.82) is 0 Å². The Bertz CT molecular complexity index is 557. The van der Waals surface area contributed by atoms with Crippen molar-refractivity contribution in [3.8, 4) is 0 Å². The van der Waals surface area contributed by atoms with Gasteiger partial charge in [-0.05, 0) is 43.5 Å². The number of likely N-dealkylation sites (tertiary alicyclic amines) is 2. The topological polar surface area (TPSA) is 23.6 Å². The summed E-state index contributed by atoms with van der Waals surface area (Å²) in [6, 6.07) is 6.66. The Morgan fingerprint density at radius 3 is 2.73 bits per heavy atom. The van der Waals surface area contributed by atoms with Gasteiger partial charge in [0.1, 0.15) is 5.82 Å². The molecule has 3 rings (SSSR count). The summed E-state index contributed by atoms with van der Waals surface area (Å²) in [7, 11) is 0. The summed E-state index contributed by atoms with van der Waals surface area (Å²) < 4.78 is 13.0. The molecular formula is C18H23FN2O. The quantitative estimate of drug-likeness (QED) is 0.799. The van der Waals surface area contributed by atoms with E-state index >= 15 is 0 Å². The van der Waals surface area contributed by atoms with Crippen LogP contribution in [0.3, 0.4) is 0 Å². The minimum Gasteiger partial charge on any atom is -0.338 e. The van der Waals surface area contributed by atoms with E-state index in [2.05, 4.69) is 11.5 Å². The monoisotopic (exact) mass is 302 g/mol. The number of nitrogens with zero attached hydrogens (tertiary/aromatic N) is 2. The molecule has 2 heterocycles. The van der Waals surface area contributed by atoms with Crippen molar-refractivity contribution in [2.75, 3.05) is 26.2 Å². The Labute approximate surface area is 131 Å². The number of hydrogen-bond acceptors (Lipinski definition) is 2. The highest BCUT2D eigenvalue weighted by atomic mass is 19.1. The molecule has 0 aliphatic carbocycles. The highest BCUT2D eigenvalue weighted by Crippen LogP contribution is 2.40. The van der Waals surface area contributed by atoms with Crippen molar-refractivity contribution in [3.63, 3.8) is 0 Å². The van der Waals surface area contributed by atoms with E-state index in [1.165, 1.54) is 12.1 Å². The fourth-order valence-corrected chi connectivity index (χ4v) is 3.81. The first-order valence-corrected chi connectivity index (χ1v) is 8.00. The minimum absolute atomic E-state index is 0.204. The molecule has 0 saturated carbocycles. The summed E-state index contributed by atoms with van der Waals surface area (Å²) in [5.74, 6) is 0.0844. The SMILES string of the molecule is C=CCN1CCC2(CCCN(Cc3ccc(F)cc3)C2)C1=O. The maximum absolute atomic E-state index is 13.0. The van der Waals surface area contributed by atoms with Crippen LogP contribution in [0.25, 0.3) is 0 Å². The number of benzene rings is 1. The first kappa shape index (κ1) is 15.2. The van der Waals surface area contributed by atoms with Crippen molar-refractivity contribution in [2.24, 2.45) is 5.41 Å². The smallest absolute Gasteiger partial charge is 0.230 e. The van der Waals surface area contributed by atoms with Crippen LogP contribution in [-0.2, 0) is 11.3 Å². The molecule has 118 valence electrons. The van der Waals surface area contributed by atoms with Crippen LogP contribution < -0.4 is 0 Å². The van der Waals surface area contributed by atoms with Crippen LogP contribution in [0.5, 0.6) is 0 Å². The van der Waals surface area contributed by atoms with E-state index in [4.69, 9.17) is 0 Å². The second-order valence-corrected chi connectivity index (χ2v) is 6.51. The summed E-state index contributed by atoms with van der Waals surface area (Å²) in [5, 5.41) is 0. The molecule has 1 spiro atoms. The van der Waals surface area contributed by atoms with Crippen LogP contribution in [-0.4, -0.2) is 41.9 Å². The van der Waals surface area contributed by atoms with E-state index in [0.717, 1.165) is 51.0 Å². The molecule has 2 saturated heterocycles. The number of carbonyl (C=O) groups excluding carboxylic acids is 1.